The number of nitrogens with two attached hydrogens (primary N) is 1. The van der Waals surface area contributed by atoms with Crippen molar-refractivity contribution in [2.75, 3.05) is 11.9 Å². The molecule has 136 valence electrons. The molecule has 7 nitrogen and oxygen atoms in total. The number of nitrogens with zero attached hydrogens (tertiary/aromatic N) is 1. The van der Waals surface area contributed by atoms with Crippen molar-refractivity contribution >= 4 is 23.4 Å². The average molecular weight is 354 g/mol. The summed E-state index contributed by atoms with van der Waals surface area (Å²) in [5, 5.41) is 5.37. The van der Waals surface area contributed by atoms with Gasteiger partial charge in [-0.05, 0) is 37.1 Å². The zero-order valence-corrected chi connectivity index (χ0v) is 14.4. The summed E-state index contributed by atoms with van der Waals surface area (Å²) in [7, 11) is 0. The van der Waals surface area contributed by atoms with Crippen LogP contribution in [0, 0.1) is 0 Å². The number of nitrogens with one attached hydrogen (secondary N) is 2. The lowest BCUT2D eigenvalue weighted by molar-refractivity contribution is -0.118. The summed E-state index contributed by atoms with van der Waals surface area (Å²) < 4.78 is 0. The number of aryl methyl sites for hydroxylation is 1. The number of primary amides is 1. The first-order valence-corrected chi connectivity index (χ1v) is 8.41. The minimum atomic E-state index is -0.486. The summed E-state index contributed by atoms with van der Waals surface area (Å²) in [6, 6.07) is 12.4. The quantitative estimate of drug-likeness (QED) is 0.635. The Morgan fingerprint density at radius 3 is 2.50 bits per heavy atom. The van der Waals surface area contributed by atoms with Gasteiger partial charge in [0.05, 0.1) is 11.3 Å². The van der Waals surface area contributed by atoms with Crippen LogP contribution in [0.5, 0.6) is 0 Å². The van der Waals surface area contributed by atoms with Crippen LogP contribution in [-0.4, -0.2) is 29.3 Å². The molecule has 1 aromatic carbocycles. The lowest BCUT2D eigenvalue weighted by atomic mass is 10.1. The van der Waals surface area contributed by atoms with Crippen molar-refractivity contribution in [2.24, 2.45) is 5.73 Å². The fourth-order valence-electron chi connectivity index (χ4n) is 2.37. The molecule has 0 saturated carbocycles. The lowest BCUT2D eigenvalue weighted by Crippen LogP contribution is -2.28. The molecule has 0 saturated heterocycles. The summed E-state index contributed by atoms with van der Waals surface area (Å²) in [6.45, 7) is 0.153. The molecule has 0 aliphatic heterocycles. The minimum absolute atomic E-state index is 0.0633. The van der Waals surface area contributed by atoms with Gasteiger partial charge in [0.15, 0.2) is 0 Å². The van der Waals surface area contributed by atoms with Crippen LogP contribution >= 0.6 is 0 Å². The molecule has 2 rings (SSSR count). The third-order valence-corrected chi connectivity index (χ3v) is 3.67. The summed E-state index contributed by atoms with van der Waals surface area (Å²) >= 11 is 0. The van der Waals surface area contributed by atoms with Crippen LogP contribution < -0.4 is 16.4 Å². The molecule has 1 aromatic heterocycles. The number of para-hydroxylation sites is 1. The number of amides is 3. The number of carbonyl (C=O) groups excluding carboxylic acids is 3. The number of hydrogen-bond donors (Lipinski definition) is 3. The Balaban J connectivity index is 1.87. The van der Waals surface area contributed by atoms with Crippen molar-refractivity contribution in [2.45, 2.75) is 25.7 Å². The van der Waals surface area contributed by atoms with Crippen LogP contribution in [-0.2, 0) is 16.0 Å². The van der Waals surface area contributed by atoms with E-state index in [1.54, 1.807) is 30.5 Å². The van der Waals surface area contributed by atoms with Gasteiger partial charge in [-0.15, -0.1) is 0 Å². The molecular formula is C19H22N4O3. The van der Waals surface area contributed by atoms with E-state index in [9.17, 15) is 14.4 Å². The van der Waals surface area contributed by atoms with E-state index in [1.165, 1.54) is 0 Å². The first-order chi connectivity index (χ1) is 12.6. The van der Waals surface area contributed by atoms with Gasteiger partial charge in [-0.3, -0.25) is 19.4 Å². The van der Waals surface area contributed by atoms with E-state index in [1.807, 2.05) is 18.2 Å². The Labute approximate surface area is 152 Å². The molecule has 7 heteroatoms. The summed E-state index contributed by atoms with van der Waals surface area (Å²) in [4.78, 5) is 39.3. The first-order valence-electron chi connectivity index (χ1n) is 8.41. The number of hydrogen-bond acceptors (Lipinski definition) is 4. The molecule has 0 aliphatic carbocycles. The average Bonchev–Trinajstić information content (AvgIpc) is 2.62. The maximum absolute atomic E-state index is 12.2. The number of rotatable bonds is 9. The molecule has 0 unspecified atom stereocenters. The smallest absolute Gasteiger partial charge is 0.253 e. The van der Waals surface area contributed by atoms with E-state index in [0.29, 0.717) is 30.5 Å². The SMILES string of the molecule is NC(=O)CCNC(=O)c1ccccc1NC(=O)CCCc1ccccn1. The number of anilines is 1. The largest absolute Gasteiger partial charge is 0.370 e. The van der Waals surface area contributed by atoms with Crippen molar-refractivity contribution in [3.63, 3.8) is 0 Å². The zero-order valence-electron chi connectivity index (χ0n) is 14.4. The van der Waals surface area contributed by atoms with E-state index >= 15 is 0 Å². The molecule has 4 N–H and O–H groups in total. The summed E-state index contributed by atoms with van der Waals surface area (Å²) in [5.41, 5.74) is 6.77. The van der Waals surface area contributed by atoms with Crippen molar-refractivity contribution in [1.29, 1.82) is 0 Å². The highest BCUT2D eigenvalue weighted by Gasteiger charge is 2.13. The lowest BCUT2D eigenvalue weighted by Gasteiger charge is -2.11. The highest BCUT2D eigenvalue weighted by molar-refractivity contribution is 6.03. The van der Waals surface area contributed by atoms with Gasteiger partial charge in [-0.2, -0.15) is 0 Å². The molecule has 26 heavy (non-hydrogen) atoms. The fourth-order valence-corrected chi connectivity index (χ4v) is 2.37. The van der Waals surface area contributed by atoms with E-state index in [2.05, 4.69) is 15.6 Å². The molecule has 0 radical (unpaired) electrons. The van der Waals surface area contributed by atoms with Crippen molar-refractivity contribution in [3.05, 3.63) is 59.9 Å². The first kappa shape index (κ1) is 19.1. The molecular weight excluding hydrogens is 332 g/mol. The van der Waals surface area contributed by atoms with Crippen LogP contribution in [0.4, 0.5) is 5.69 Å². The Hall–Kier alpha value is -3.22. The van der Waals surface area contributed by atoms with Gasteiger partial charge < -0.3 is 16.4 Å². The second kappa shape index (κ2) is 9.93. The number of benzene rings is 1. The molecule has 0 bridgehead atoms. The van der Waals surface area contributed by atoms with Gasteiger partial charge in [0.1, 0.15) is 0 Å². The van der Waals surface area contributed by atoms with Crippen LogP contribution in [0.1, 0.15) is 35.3 Å². The highest BCUT2D eigenvalue weighted by atomic mass is 16.2. The molecule has 3 amide bonds. The van der Waals surface area contributed by atoms with E-state index in [-0.39, 0.29) is 24.8 Å². The Morgan fingerprint density at radius 2 is 1.77 bits per heavy atom. The van der Waals surface area contributed by atoms with Gasteiger partial charge in [0.25, 0.3) is 5.91 Å². The molecule has 1 heterocycles. The predicted molar refractivity (Wildman–Crippen MR) is 98.4 cm³/mol. The van der Waals surface area contributed by atoms with Crippen molar-refractivity contribution in [1.82, 2.24) is 10.3 Å². The maximum Gasteiger partial charge on any atom is 0.253 e. The van der Waals surface area contributed by atoms with Crippen LogP contribution in [0.25, 0.3) is 0 Å². The van der Waals surface area contributed by atoms with Crippen LogP contribution in [0.2, 0.25) is 0 Å². The summed E-state index contributed by atoms with van der Waals surface area (Å²) in [6.07, 6.45) is 3.49. The van der Waals surface area contributed by atoms with Gasteiger partial charge in [0.2, 0.25) is 11.8 Å². The second-order valence-corrected chi connectivity index (χ2v) is 5.74. The standard InChI is InChI=1S/C19H22N4O3/c20-17(24)11-13-22-19(26)15-8-1-2-9-16(15)23-18(25)10-5-7-14-6-3-4-12-21-14/h1-4,6,8-9,12H,5,7,10-11,13H2,(H2,20,24)(H,22,26)(H,23,25). The van der Waals surface area contributed by atoms with Crippen molar-refractivity contribution < 1.29 is 14.4 Å². The molecule has 0 fully saturated rings. The van der Waals surface area contributed by atoms with E-state index in [4.69, 9.17) is 5.73 Å². The normalized spacial score (nSPS) is 10.2. The molecule has 2 aromatic rings. The molecule has 0 spiro atoms. The van der Waals surface area contributed by atoms with Gasteiger partial charge in [-0.1, -0.05) is 18.2 Å². The maximum atomic E-state index is 12.2. The summed E-state index contributed by atoms with van der Waals surface area (Å²) in [5.74, 6) is -1.02. The van der Waals surface area contributed by atoms with Gasteiger partial charge in [-0.25, -0.2) is 0 Å². The Morgan fingerprint density at radius 1 is 1.00 bits per heavy atom. The fraction of sp³-hybridized carbons (Fsp3) is 0.263. The minimum Gasteiger partial charge on any atom is -0.370 e. The van der Waals surface area contributed by atoms with E-state index < -0.39 is 5.91 Å². The second-order valence-electron chi connectivity index (χ2n) is 5.74. The van der Waals surface area contributed by atoms with Crippen LogP contribution in [0.3, 0.4) is 0 Å². The highest BCUT2D eigenvalue weighted by Crippen LogP contribution is 2.15. The number of carbonyl (C=O) groups is 3. The van der Waals surface area contributed by atoms with Gasteiger partial charge in [0, 0.05) is 31.3 Å². The van der Waals surface area contributed by atoms with Crippen LogP contribution in [0.15, 0.2) is 48.7 Å². The number of aromatic nitrogens is 1. The Bertz CT molecular complexity index is 762. The molecule has 0 aliphatic rings. The third-order valence-electron chi connectivity index (χ3n) is 3.67. The topological polar surface area (TPSA) is 114 Å². The van der Waals surface area contributed by atoms with Gasteiger partial charge >= 0.3 is 0 Å². The third kappa shape index (κ3) is 6.35. The Kier molecular flexibility index (Phi) is 7.30. The monoisotopic (exact) mass is 354 g/mol. The predicted octanol–water partition coefficient (Wildman–Crippen LogP) is 1.65. The van der Waals surface area contributed by atoms with Crippen molar-refractivity contribution in [3.8, 4) is 0 Å². The number of pyridine rings is 1. The zero-order chi connectivity index (χ0) is 18.8. The molecule has 0 atom stereocenters. The van der Waals surface area contributed by atoms with E-state index in [0.717, 1.165) is 5.69 Å².